The molecule has 8 nitrogen and oxygen atoms in total. The molecule has 2 aliphatic rings. The Morgan fingerprint density at radius 3 is 2.52 bits per heavy atom. The van der Waals surface area contributed by atoms with Gasteiger partial charge in [0.2, 0.25) is 0 Å². The fourth-order valence-corrected chi connectivity index (χ4v) is 6.45. The fourth-order valence-electron chi connectivity index (χ4n) is 6.45. The van der Waals surface area contributed by atoms with Crippen LogP contribution in [0.4, 0.5) is 10.1 Å². The lowest BCUT2D eigenvalue weighted by molar-refractivity contribution is -0.140. The molecule has 0 saturated carbocycles. The largest absolute Gasteiger partial charge is 0.481 e. The summed E-state index contributed by atoms with van der Waals surface area (Å²) in [6, 6.07) is 24.5. The molecular weight excluding hydrogens is 557 g/mol. The lowest BCUT2D eigenvalue weighted by Crippen LogP contribution is -2.39. The second kappa shape index (κ2) is 10.9. The van der Waals surface area contributed by atoms with Gasteiger partial charge in [0.1, 0.15) is 11.5 Å². The molecule has 3 aromatic carbocycles. The highest BCUT2D eigenvalue weighted by Crippen LogP contribution is 2.33. The van der Waals surface area contributed by atoms with Crippen molar-refractivity contribution in [1.29, 1.82) is 0 Å². The number of carbonyl (C=O) groups excluding carboxylic acids is 1. The minimum Gasteiger partial charge on any atom is -0.481 e. The smallest absolute Gasteiger partial charge is 0.308 e. The number of aromatic nitrogens is 3. The number of hydrogen-bond acceptors (Lipinski definition) is 5. The molecule has 1 fully saturated rings. The molecule has 0 aliphatic carbocycles. The van der Waals surface area contributed by atoms with Crippen molar-refractivity contribution in [1.82, 2.24) is 19.5 Å². The normalized spacial score (nSPS) is 18.1. The highest BCUT2D eigenvalue weighted by Gasteiger charge is 2.31. The van der Waals surface area contributed by atoms with E-state index in [1.165, 1.54) is 11.6 Å². The molecule has 0 unspecified atom stereocenters. The molecule has 2 aliphatic heterocycles. The Kier molecular flexibility index (Phi) is 6.88. The van der Waals surface area contributed by atoms with Crippen LogP contribution in [-0.4, -0.2) is 56.1 Å². The summed E-state index contributed by atoms with van der Waals surface area (Å²) in [5, 5.41) is 14.1. The van der Waals surface area contributed by atoms with Gasteiger partial charge in [-0.2, -0.15) is 5.10 Å². The van der Waals surface area contributed by atoms with Gasteiger partial charge in [-0.3, -0.25) is 9.59 Å². The van der Waals surface area contributed by atoms with Crippen LogP contribution < -0.4 is 4.90 Å². The first-order chi connectivity index (χ1) is 21.3. The number of carbonyl (C=O) groups is 2. The first kappa shape index (κ1) is 27.8. The Morgan fingerprint density at radius 2 is 1.77 bits per heavy atom. The summed E-state index contributed by atoms with van der Waals surface area (Å²) < 4.78 is 17.2. The maximum atomic E-state index is 15.6. The zero-order valence-corrected chi connectivity index (χ0v) is 24.6. The van der Waals surface area contributed by atoms with Gasteiger partial charge in [-0.15, -0.1) is 0 Å². The monoisotopic (exact) mass is 589 g/mol. The van der Waals surface area contributed by atoms with Crippen molar-refractivity contribution in [3.05, 3.63) is 107 Å². The van der Waals surface area contributed by atoms with Crippen LogP contribution in [0.25, 0.3) is 28.2 Å². The number of anilines is 1. The molecule has 44 heavy (non-hydrogen) atoms. The fraction of sp³-hybridized carbons (Fsp3) is 0.257. The van der Waals surface area contributed by atoms with Crippen molar-refractivity contribution < 1.29 is 19.1 Å². The van der Waals surface area contributed by atoms with E-state index >= 15 is 4.39 Å². The van der Waals surface area contributed by atoms with Gasteiger partial charge < -0.3 is 14.9 Å². The van der Waals surface area contributed by atoms with E-state index in [2.05, 4.69) is 12.1 Å². The molecule has 5 aromatic rings. The van der Waals surface area contributed by atoms with Gasteiger partial charge in [0, 0.05) is 42.5 Å². The van der Waals surface area contributed by atoms with Crippen LogP contribution in [0.3, 0.4) is 0 Å². The third-order valence-corrected chi connectivity index (χ3v) is 8.98. The Balaban J connectivity index is 1.27. The van der Waals surface area contributed by atoms with E-state index in [0.29, 0.717) is 60.0 Å². The van der Waals surface area contributed by atoms with Crippen LogP contribution in [0, 0.1) is 18.7 Å². The number of amides is 1. The van der Waals surface area contributed by atoms with Crippen molar-refractivity contribution in [2.24, 2.45) is 5.92 Å². The number of aryl methyl sites for hydroxylation is 1. The second-order valence-electron chi connectivity index (χ2n) is 11.7. The molecule has 2 atom stereocenters. The maximum absolute atomic E-state index is 15.6. The maximum Gasteiger partial charge on any atom is 0.308 e. The van der Waals surface area contributed by atoms with E-state index in [1.54, 1.807) is 28.8 Å². The van der Waals surface area contributed by atoms with Crippen molar-refractivity contribution in [2.75, 3.05) is 24.5 Å². The van der Waals surface area contributed by atoms with E-state index < -0.39 is 17.7 Å². The molecule has 4 heterocycles. The predicted molar refractivity (Wildman–Crippen MR) is 166 cm³/mol. The van der Waals surface area contributed by atoms with Crippen LogP contribution in [0.5, 0.6) is 0 Å². The Bertz CT molecular complexity index is 1920. The topological polar surface area (TPSA) is 91.0 Å². The summed E-state index contributed by atoms with van der Waals surface area (Å²) in [5.41, 5.74) is 7.14. The molecule has 222 valence electrons. The summed E-state index contributed by atoms with van der Waals surface area (Å²) in [5.74, 6) is -1.91. The van der Waals surface area contributed by atoms with Gasteiger partial charge in [-0.05, 0) is 62.1 Å². The third kappa shape index (κ3) is 4.88. The highest BCUT2D eigenvalue weighted by molar-refractivity contribution is 5.94. The number of hydrogen-bond donors (Lipinski definition) is 1. The van der Waals surface area contributed by atoms with Gasteiger partial charge in [-0.25, -0.2) is 13.9 Å². The number of aliphatic carboxylic acids is 1. The number of rotatable bonds is 5. The van der Waals surface area contributed by atoms with E-state index in [1.807, 2.05) is 60.0 Å². The van der Waals surface area contributed by atoms with Gasteiger partial charge in [-0.1, -0.05) is 54.1 Å². The number of benzene rings is 3. The summed E-state index contributed by atoms with van der Waals surface area (Å²) in [6.45, 7) is 5.56. The minimum atomic E-state index is -0.830. The van der Waals surface area contributed by atoms with Crippen molar-refractivity contribution in [3.8, 4) is 22.5 Å². The lowest BCUT2D eigenvalue weighted by Gasteiger charge is -2.35. The second-order valence-corrected chi connectivity index (χ2v) is 11.7. The molecule has 1 amide bonds. The highest BCUT2D eigenvalue weighted by atomic mass is 19.1. The standard InChI is InChI=1S/C35H32FN5O3/c1-21-7-9-24(10-8-21)32-18-31(34(42)40-16-14-23-5-3-4-6-27(23)22(40)2)37-33-19-30(38-41(32)33)28-12-11-26(17-29(28)36)39-15-13-25(20-39)35(43)44/h3-12,17-19,22,25H,13-16,20H2,1-2H3,(H,43,44)/t22-,25+/m1/s1. The molecule has 0 bridgehead atoms. The van der Waals surface area contributed by atoms with Crippen LogP contribution in [0.2, 0.25) is 0 Å². The van der Waals surface area contributed by atoms with Crippen LogP contribution in [-0.2, 0) is 11.2 Å². The zero-order valence-electron chi connectivity index (χ0n) is 24.6. The van der Waals surface area contributed by atoms with Crippen molar-refractivity contribution >= 4 is 23.2 Å². The molecule has 0 spiro atoms. The zero-order chi connectivity index (χ0) is 30.5. The summed E-state index contributed by atoms with van der Waals surface area (Å²) >= 11 is 0. The lowest BCUT2D eigenvalue weighted by atomic mass is 9.93. The van der Waals surface area contributed by atoms with Gasteiger partial charge in [0.15, 0.2) is 5.65 Å². The first-order valence-electron chi connectivity index (χ1n) is 14.9. The van der Waals surface area contributed by atoms with E-state index in [4.69, 9.17) is 10.1 Å². The summed E-state index contributed by atoms with van der Waals surface area (Å²) in [6.07, 6.45) is 1.31. The number of fused-ring (bicyclic) bond motifs is 2. The van der Waals surface area contributed by atoms with Crippen molar-refractivity contribution in [3.63, 3.8) is 0 Å². The molecule has 9 heteroatoms. The van der Waals surface area contributed by atoms with Crippen molar-refractivity contribution in [2.45, 2.75) is 32.7 Å². The van der Waals surface area contributed by atoms with E-state index in [9.17, 15) is 14.7 Å². The van der Waals surface area contributed by atoms with Crippen LogP contribution >= 0.6 is 0 Å². The Hall–Kier alpha value is -5.05. The number of nitrogens with zero attached hydrogens (tertiary/aromatic N) is 5. The SMILES string of the molecule is Cc1ccc(-c2cc(C(=O)N3CCc4ccccc4[C@H]3C)nc3cc(-c4ccc(N5CC[C@H](C(=O)O)C5)cc4F)nn23)cc1. The van der Waals surface area contributed by atoms with Gasteiger partial charge in [0.25, 0.3) is 5.91 Å². The van der Waals surface area contributed by atoms with Crippen LogP contribution in [0.15, 0.2) is 78.9 Å². The Labute approximate surface area is 254 Å². The number of carboxylic acid groups (broad SMARTS) is 1. The van der Waals surface area contributed by atoms with E-state index in [0.717, 1.165) is 23.1 Å². The molecule has 0 radical (unpaired) electrons. The molecular formula is C35H32FN5O3. The average molecular weight is 590 g/mol. The first-order valence-corrected chi connectivity index (χ1v) is 14.9. The van der Waals surface area contributed by atoms with E-state index in [-0.39, 0.29) is 11.9 Å². The number of halogens is 1. The average Bonchev–Trinajstić information content (AvgIpc) is 3.69. The molecule has 2 aromatic heterocycles. The molecule has 7 rings (SSSR count). The van der Waals surface area contributed by atoms with Crippen LogP contribution in [0.1, 0.15) is 46.6 Å². The predicted octanol–water partition coefficient (Wildman–Crippen LogP) is 6.18. The van der Waals surface area contributed by atoms with Gasteiger partial charge in [0.05, 0.1) is 23.3 Å². The van der Waals surface area contributed by atoms with Gasteiger partial charge >= 0.3 is 5.97 Å². The Morgan fingerprint density at radius 1 is 0.977 bits per heavy atom. The minimum absolute atomic E-state index is 0.0947. The molecule has 1 saturated heterocycles. The summed E-state index contributed by atoms with van der Waals surface area (Å²) in [7, 11) is 0. The summed E-state index contributed by atoms with van der Waals surface area (Å²) in [4.78, 5) is 33.9. The third-order valence-electron chi connectivity index (χ3n) is 8.98. The number of carboxylic acids is 1. The quantitative estimate of drug-likeness (QED) is 0.263. The molecule has 1 N–H and O–H groups in total.